The van der Waals surface area contributed by atoms with Gasteiger partial charge in [-0.25, -0.2) is 18.7 Å². The molecular weight excluding hydrogens is 897 g/mol. The topological polar surface area (TPSA) is 172 Å². The molecule has 2 aliphatic heterocycles. The van der Waals surface area contributed by atoms with Crippen LogP contribution in [0.3, 0.4) is 0 Å². The maximum Gasteiger partial charge on any atom is 0.245 e. The lowest BCUT2D eigenvalue weighted by atomic mass is 10.0. The van der Waals surface area contributed by atoms with Crippen LogP contribution >= 0.6 is 30.3 Å². The number of rotatable bonds is 12. The number of fused-ring (bicyclic) bond motifs is 3. The first-order chi connectivity index (χ1) is 31.2. The number of thiazole rings is 1. The normalized spacial score (nSPS) is 25.3. The van der Waals surface area contributed by atoms with Crippen LogP contribution in [0.4, 0.5) is 13.9 Å². The van der Waals surface area contributed by atoms with E-state index in [1.807, 2.05) is 19.2 Å². The van der Waals surface area contributed by atoms with Gasteiger partial charge in [-0.2, -0.15) is 0 Å². The summed E-state index contributed by atoms with van der Waals surface area (Å²) in [5.74, 6) is -2.63. The van der Waals surface area contributed by atoms with Gasteiger partial charge in [0.1, 0.15) is 57.3 Å². The molecule has 0 spiro atoms. The highest BCUT2D eigenvalue weighted by Crippen LogP contribution is 2.71. The number of nitrogens with one attached hydrogen (secondary N) is 3. The Bertz CT molecular complexity index is 2450. The molecule has 350 valence electrons. The summed E-state index contributed by atoms with van der Waals surface area (Å²) in [5.41, 5.74) is 0.913. The van der Waals surface area contributed by atoms with Gasteiger partial charge in [0.25, 0.3) is 0 Å². The van der Waals surface area contributed by atoms with E-state index in [4.69, 9.17) is 31.0 Å². The lowest BCUT2D eigenvalue weighted by molar-refractivity contribution is -0.142. The third-order valence-electron chi connectivity index (χ3n) is 13.5. The summed E-state index contributed by atoms with van der Waals surface area (Å²) in [6.45, 7) is 3.97. The van der Waals surface area contributed by atoms with Gasteiger partial charge in [-0.15, -0.1) is 11.3 Å². The number of carbonyl (C=O) groups is 3. The van der Waals surface area contributed by atoms with Crippen molar-refractivity contribution in [2.24, 2.45) is 11.8 Å². The summed E-state index contributed by atoms with van der Waals surface area (Å²) in [4.78, 5) is 66.3. The molecule has 0 radical (unpaired) electrons. The van der Waals surface area contributed by atoms with Crippen LogP contribution < -0.4 is 25.4 Å². The highest BCUT2D eigenvalue weighted by molar-refractivity contribution is 7.59. The van der Waals surface area contributed by atoms with Gasteiger partial charge in [0.05, 0.1) is 31.0 Å². The zero-order chi connectivity index (χ0) is 46.0. The highest BCUT2D eigenvalue weighted by Gasteiger charge is 2.66. The van der Waals surface area contributed by atoms with E-state index in [1.165, 1.54) is 29.4 Å². The van der Waals surface area contributed by atoms with Gasteiger partial charge in [-0.3, -0.25) is 18.9 Å². The Morgan fingerprint density at radius 3 is 2.45 bits per heavy atom. The molecule has 4 fully saturated rings. The number of methoxy groups -OCH3 is 1. The fourth-order valence-electron chi connectivity index (χ4n) is 9.97. The molecule has 2 aromatic carbocycles. The maximum absolute atomic E-state index is 15.0. The Labute approximate surface area is 387 Å². The highest BCUT2D eigenvalue weighted by atomic mass is 35.5. The number of hydrogen-bond donors (Lipinski definition) is 4. The fourth-order valence-corrected chi connectivity index (χ4v) is 13.6. The molecule has 4 aliphatic rings. The van der Waals surface area contributed by atoms with Crippen molar-refractivity contribution in [2.45, 2.75) is 139 Å². The average Bonchev–Trinajstić information content (AvgIpc) is 3.68. The molecule has 0 bridgehead atoms. The third-order valence-corrected chi connectivity index (χ3v) is 17.3. The van der Waals surface area contributed by atoms with Crippen LogP contribution in [0, 0.1) is 23.5 Å². The Morgan fingerprint density at radius 2 is 1.72 bits per heavy atom. The summed E-state index contributed by atoms with van der Waals surface area (Å²) in [6.07, 6.45) is 7.66. The summed E-state index contributed by atoms with van der Waals surface area (Å²) < 4.78 is 56.8. The molecule has 3 amide bonds. The van der Waals surface area contributed by atoms with Crippen molar-refractivity contribution in [3.63, 3.8) is 0 Å². The summed E-state index contributed by atoms with van der Waals surface area (Å²) in [7, 11) is -3.04. The number of ether oxygens (including phenoxy) is 2. The Hall–Kier alpha value is -4.37. The Kier molecular flexibility index (Phi) is 14.4. The number of aromatic nitrogens is 2. The van der Waals surface area contributed by atoms with Gasteiger partial charge in [0, 0.05) is 41.3 Å². The molecule has 6 atom stereocenters. The largest absolute Gasteiger partial charge is 0.495 e. The second-order valence-corrected chi connectivity index (χ2v) is 22.3. The lowest BCUT2D eigenvalue weighted by Gasteiger charge is -2.31. The van der Waals surface area contributed by atoms with Crippen molar-refractivity contribution in [1.29, 1.82) is 0 Å². The molecule has 2 aromatic heterocycles. The van der Waals surface area contributed by atoms with Crippen LogP contribution in [0.2, 0.25) is 5.02 Å². The van der Waals surface area contributed by atoms with Gasteiger partial charge in [-0.1, -0.05) is 62.6 Å². The van der Waals surface area contributed by atoms with Crippen LogP contribution in [-0.2, 0) is 25.1 Å². The smallest absolute Gasteiger partial charge is 0.245 e. The molecule has 13 nitrogen and oxygen atoms in total. The van der Waals surface area contributed by atoms with Crippen LogP contribution in [0.25, 0.3) is 22.3 Å². The van der Waals surface area contributed by atoms with Crippen molar-refractivity contribution in [1.82, 2.24) is 25.5 Å². The van der Waals surface area contributed by atoms with Gasteiger partial charge in [0.2, 0.25) is 25.1 Å². The van der Waals surface area contributed by atoms with Gasteiger partial charge < -0.3 is 35.2 Å². The zero-order valence-corrected chi connectivity index (χ0v) is 39.5. The number of amides is 3. The molecule has 4 aromatic rings. The fraction of sp³-hybridized carbons (Fsp3) is 0.553. The van der Waals surface area contributed by atoms with Crippen LogP contribution in [-0.4, -0.2) is 80.6 Å². The maximum atomic E-state index is 15.0. The molecule has 2 saturated carbocycles. The molecule has 4 heterocycles. The molecule has 8 rings (SSSR count). The first-order valence-corrected chi connectivity index (χ1v) is 26.0. The van der Waals surface area contributed by atoms with E-state index in [2.05, 4.69) is 16.0 Å². The Morgan fingerprint density at radius 1 is 1.02 bits per heavy atom. The lowest BCUT2D eigenvalue weighted by Crippen LogP contribution is -2.55. The standard InChI is InChI=1S/C47H58ClF2N6O7PS/c1-27(2)51-46-54-37(26-65-46)36-22-40(31-18-19-39(62-3)42(48)43(31)53-36)63-30-21-38-44(58)55-47(64(60,61)25-32-33(49)15-11-16-34(32)50)23-29(47)14-7-5-4-6-8-17-35(45(59)56(38)24-30)52-41(57)20-28-12-9-10-13-28/h11,15-16,18-19,22,26-30,35,38H,4-10,12-14,17,20-21,23-25H2,1-3H3,(H,51,54)(H,52,57)(H,55,58)(H,60,61)/t29-,30+,35-,38-,47-/m0/s1. The summed E-state index contributed by atoms with van der Waals surface area (Å²) in [6, 6.07) is 6.53. The van der Waals surface area contributed by atoms with E-state index in [0.717, 1.165) is 63.5 Å². The Balaban J connectivity index is 1.14. The van der Waals surface area contributed by atoms with Crippen molar-refractivity contribution in [3.05, 3.63) is 64.0 Å². The van der Waals surface area contributed by atoms with E-state index in [9.17, 15) is 32.6 Å². The number of nitrogens with zero attached hydrogens (tertiary/aromatic N) is 3. The van der Waals surface area contributed by atoms with Crippen molar-refractivity contribution >= 4 is 64.1 Å². The van der Waals surface area contributed by atoms with Crippen LogP contribution in [0.1, 0.15) is 109 Å². The molecule has 4 N–H and O–H groups in total. The van der Waals surface area contributed by atoms with Crippen LogP contribution in [0.5, 0.6) is 11.5 Å². The number of halogens is 3. The van der Waals surface area contributed by atoms with E-state index >= 15 is 0 Å². The average molecular weight is 956 g/mol. The number of hydrogen-bond acceptors (Lipinski definition) is 10. The minimum Gasteiger partial charge on any atom is -0.495 e. The summed E-state index contributed by atoms with van der Waals surface area (Å²) >= 11 is 8.30. The molecule has 2 aliphatic carbocycles. The summed E-state index contributed by atoms with van der Waals surface area (Å²) in [5, 5.41) is 11.0. The van der Waals surface area contributed by atoms with Crippen LogP contribution in [0.15, 0.2) is 41.8 Å². The predicted octanol–water partition coefficient (Wildman–Crippen LogP) is 9.58. The van der Waals surface area contributed by atoms with Gasteiger partial charge in [-0.05, 0) is 82.1 Å². The molecule has 2 saturated heterocycles. The quantitative estimate of drug-likeness (QED) is 0.100. The number of pyridine rings is 1. The molecule has 18 heteroatoms. The first kappa shape index (κ1) is 47.1. The predicted molar refractivity (Wildman–Crippen MR) is 247 cm³/mol. The minimum absolute atomic E-state index is 0.0130. The molecule has 65 heavy (non-hydrogen) atoms. The second kappa shape index (κ2) is 19.8. The van der Waals surface area contributed by atoms with Crippen molar-refractivity contribution < 1.29 is 42.1 Å². The van der Waals surface area contributed by atoms with E-state index < -0.39 is 71.9 Å². The third kappa shape index (κ3) is 10.3. The van der Waals surface area contributed by atoms with Crippen molar-refractivity contribution in [2.75, 3.05) is 19.0 Å². The number of carbonyl (C=O) groups excluding carboxylic acids is 3. The minimum atomic E-state index is -4.54. The molecular formula is C47H58ClF2N6O7PS. The zero-order valence-electron chi connectivity index (χ0n) is 37.0. The number of anilines is 1. The van der Waals surface area contributed by atoms with E-state index in [1.54, 1.807) is 18.2 Å². The number of benzene rings is 2. The monoisotopic (exact) mass is 954 g/mol. The van der Waals surface area contributed by atoms with E-state index in [-0.39, 0.29) is 42.3 Å². The van der Waals surface area contributed by atoms with E-state index in [0.29, 0.717) is 64.6 Å². The van der Waals surface area contributed by atoms with Gasteiger partial charge in [0.15, 0.2) is 5.13 Å². The first-order valence-electron chi connectivity index (χ1n) is 22.9. The van der Waals surface area contributed by atoms with Crippen molar-refractivity contribution in [3.8, 4) is 22.9 Å². The van der Waals surface area contributed by atoms with Gasteiger partial charge >= 0.3 is 0 Å². The SMILES string of the molecule is COc1ccc2c(O[C@@H]3C[C@H]4C(=O)N[C@]5(P(=O)(O)Cc6c(F)cccc6F)C[C@@H]5CCCCCCC[C@H](NC(=O)CC5CCCC5)C(=O)N4C3)cc(-c3csc(NC(C)C)n3)nc2c1Cl. The second-order valence-electron chi connectivity index (χ2n) is 18.5. The molecule has 1 unspecified atom stereocenters.